The normalized spacial score (nSPS) is 19.6. The zero-order valence-corrected chi connectivity index (χ0v) is 18.8. The third-order valence-electron chi connectivity index (χ3n) is 5.99. The number of methoxy groups -OCH3 is 1. The first-order valence-electron chi connectivity index (χ1n) is 10.7. The fourth-order valence-corrected chi connectivity index (χ4v) is 4.26. The zero-order chi connectivity index (χ0) is 23.0. The Morgan fingerprint density at radius 1 is 1.16 bits per heavy atom. The lowest BCUT2D eigenvalue weighted by Crippen LogP contribution is -2.32. The van der Waals surface area contributed by atoms with Crippen LogP contribution in [-0.2, 0) is 15.9 Å². The molecule has 0 saturated carbocycles. The van der Waals surface area contributed by atoms with Gasteiger partial charge in [-0.15, -0.1) is 0 Å². The minimum Gasteiger partial charge on any atom is -0.487 e. The van der Waals surface area contributed by atoms with Crippen LogP contribution in [0.5, 0.6) is 11.5 Å². The number of carboxylic acid groups (broad SMARTS) is 1. The summed E-state index contributed by atoms with van der Waals surface area (Å²) in [4.78, 5) is 24.1. The third kappa shape index (κ3) is 4.25. The van der Waals surface area contributed by atoms with Gasteiger partial charge in [0.25, 0.3) is 0 Å². The van der Waals surface area contributed by atoms with Crippen LogP contribution in [0.15, 0.2) is 29.2 Å². The first-order valence-corrected chi connectivity index (χ1v) is 10.7. The lowest BCUT2D eigenvalue weighted by atomic mass is 9.78. The average Bonchev–Trinajstić information content (AvgIpc) is 2.92. The van der Waals surface area contributed by atoms with Crippen molar-refractivity contribution in [3.05, 3.63) is 45.7 Å². The second-order valence-electron chi connectivity index (χ2n) is 9.30. The van der Waals surface area contributed by atoms with Gasteiger partial charge in [0.05, 0.1) is 18.9 Å². The lowest BCUT2D eigenvalue weighted by molar-refractivity contribution is -0.0187. The number of hydrogen-bond donors (Lipinski definition) is 1. The molecule has 1 N–H and O–H groups in total. The highest BCUT2D eigenvalue weighted by atomic mass is 16.6. The van der Waals surface area contributed by atoms with E-state index in [1.165, 1.54) is 12.3 Å². The van der Waals surface area contributed by atoms with Gasteiger partial charge in [-0.1, -0.05) is 20.8 Å². The van der Waals surface area contributed by atoms with Gasteiger partial charge in [0.1, 0.15) is 24.9 Å². The summed E-state index contributed by atoms with van der Waals surface area (Å²) in [6.07, 6.45) is 1.93. The van der Waals surface area contributed by atoms with Crippen LogP contribution < -0.4 is 14.9 Å². The van der Waals surface area contributed by atoms with Crippen LogP contribution in [-0.4, -0.2) is 55.3 Å². The van der Waals surface area contributed by atoms with Gasteiger partial charge >= 0.3 is 5.97 Å². The largest absolute Gasteiger partial charge is 0.487 e. The van der Waals surface area contributed by atoms with Crippen LogP contribution in [0.25, 0.3) is 11.3 Å². The maximum absolute atomic E-state index is 12.5. The van der Waals surface area contributed by atoms with E-state index in [0.29, 0.717) is 50.0 Å². The van der Waals surface area contributed by atoms with E-state index in [2.05, 4.69) is 20.8 Å². The van der Waals surface area contributed by atoms with Crippen LogP contribution in [0, 0.1) is 5.41 Å². The molecule has 172 valence electrons. The number of hydrogen-bond acceptors (Lipinski definition) is 6. The molecule has 1 aromatic heterocycles. The maximum Gasteiger partial charge on any atom is 0.341 e. The monoisotopic (exact) mass is 443 g/mol. The van der Waals surface area contributed by atoms with E-state index in [4.69, 9.17) is 18.9 Å². The highest BCUT2D eigenvalue weighted by Crippen LogP contribution is 2.46. The van der Waals surface area contributed by atoms with Crippen LogP contribution in [0.3, 0.4) is 0 Å². The number of benzene rings is 1. The van der Waals surface area contributed by atoms with Gasteiger partial charge in [-0.25, -0.2) is 4.79 Å². The summed E-state index contributed by atoms with van der Waals surface area (Å²) in [5.74, 6) is 0.00578. The summed E-state index contributed by atoms with van der Waals surface area (Å²) in [5.41, 5.74) is 1.67. The Kier molecular flexibility index (Phi) is 6.01. The molecule has 2 aliphatic heterocycles. The van der Waals surface area contributed by atoms with E-state index >= 15 is 0 Å². The molecule has 2 unspecified atom stereocenters. The van der Waals surface area contributed by atoms with E-state index in [1.54, 1.807) is 7.11 Å². The van der Waals surface area contributed by atoms with Crippen LogP contribution >= 0.6 is 0 Å². The topological polar surface area (TPSA) is 96.2 Å². The van der Waals surface area contributed by atoms with Crippen LogP contribution in [0.2, 0.25) is 0 Å². The minimum atomic E-state index is -1.22. The molecule has 0 bridgehead atoms. The molecule has 0 spiro atoms. The molecule has 0 aliphatic carbocycles. The predicted molar refractivity (Wildman–Crippen MR) is 118 cm³/mol. The molecule has 8 nitrogen and oxygen atoms in total. The number of ether oxygens (including phenoxy) is 4. The van der Waals surface area contributed by atoms with Gasteiger partial charge in [-0.3, -0.25) is 4.79 Å². The number of carbonyl (C=O) groups is 1. The van der Waals surface area contributed by atoms with Crippen LogP contribution in [0.1, 0.15) is 42.7 Å². The first kappa shape index (κ1) is 22.4. The zero-order valence-electron chi connectivity index (χ0n) is 18.8. The fourth-order valence-electron chi connectivity index (χ4n) is 4.26. The molecule has 1 aromatic carbocycles. The summed E-state index contributed by atoms with van der Waals surface area (Å²) in [6.45, 7) is 7.98. The highest BCUT2D eigenvalue weighted by Gasteiger charge is 2.34. The first-order chi connectivity index (χ1) is 15.2. The molecular weight excluding hydrogens is 414 g/mol. The fraction of sp³-hybridized carbons (Fsp3) is 0.500. The van der Waals surface area contributed by atoms with Crippen molar-refractivity contribution in [2.75, 3.05) is 33.5 Å². The smallest absolute Gasteiger partial charge is 0.341 e. The van der Waals surface area contributed by atoms with Gasteiger partial charge in [-0.05, 0) is 29.5 Å². The molecule has 32 heavy (non-hydrogen) atoms. The third-order valence-corrected chi connectivity index (χ3v) is 5.99. The molecular formula is C24H29NO7. The Morgan fingerprint density at radius 2 is 1.84 bits per heavy atom. The van der Waals surface area contributed by atoms with Crippen molar-refractivity contribution in [1.29, 1.82) is 0 Å². The van der Waals surface area contributed by atoms with Crippen LogP contribution in [0.4, 0.5) is 0 Å². The molecule has 0 saturated heterocycles. The molecule has 0 radical (unpaired) electrons. The van der Waals surface area contributed by atoms with E-state index < -0.39 is 11.4 Å². The Labute approximate surface area is 186 Å². The number of nitrogens with zero attached hydrogens (tertiary/aromatic N) is 1. The predicted octanol–water partition coefficient (Wildman–Crippen LogP) is 3.16. The van der Waals surface area contributed by atoms with Crippen molar-refractivity contribution >= 4 is 5.97 Å². The number of carboxylic acids is 1. The molecule has 2 aliphatic rings. The SMILES string of the molecule is COCCOC1COc2cc3c(cc2OC1)-c1cc(=O)c(C(=O)O)cn1C(C(C)(C)C)C3. The molecule has 8 heteroatoms. The quantitative estimate of drug-likeness (QED) is 0.709. The lowest BCUT2D eigenvalue weighted by Gasteiger charge is -2.39. The van der Waals surface area contributed by atoms with Gasteiger partial charge in [0.2, 0.25) is 0 Å². The summed E-state index contributed by atoms with van der Waals surface area (Å²) in [7, 11) is 1.62. The van der Waals surface area contributed by atoms with Crippen molar-refractivity contribution in [2.24, 2.45) is 5.41 Å². The number of aromatic nitrogens is 1. The van der Waals surface area contributed by atoms with E-state index in [-0.39, 0.29) is 23.1 Å². The van der Waals surface area contributed by atoms with E-state index in [0.717, 1.165) is 11.1 Å². The number of rotatable bonds is 5. The number of fused-ring (bicyclic) bond motifs is 4. The molecule has 0 amide bonds. The molecule has 2 aromatic rings. The second kappa shape index (κ2) is 8.60. The van der Waals surface area contributed by atoms with Gasteiger partial charge in [0.15, 0.2) is 16.9 Å². The highest BCUT2D eigenvalue weighted by molar-refractivity contribution is 5.88. The molecule has 3 heterocycles. The van der Waals surface area contributed by atoms with Crippen molar-refractivity contribution < 1.29 is 28.8 Å². The second-order valence-corrected chi connectivity index (χ2v) is 9.30. The molecule has 0 fully saturated rings. The Morgan fingerprint density at radius 3 is 2.47 bits per heavy atom. The van der Waals surface area contributed by atoms with Crippen molar-refractivity contribution in [2.45, 2.75) is 39.3 Å². The van der Waals surface area contributed by atoms with Crippen molar-refractivity contribution in [3.8, 4) is 22.8 Å². The van der Waals surface area contributed by atoms with Gasteiger partial charge in [0, 0.05) is 31.0 Å². The summed E-state index contributed by atoms with van der Waals surface area (Å²) in [6, 6.07) is 5.24. The number of pyridine rings is 1. The van der Waals surface area contributed by atoms with Gasteiger partial charge < -0.3 is 28.6 Å². The summed E-state index contributed by atoms with van der Waals surface area (Å²) < 4.78 is 24.7. The van der Waals surface area contributed by atoms with E-state index in [1.807, 2.05) is 16.7 Å². The van der Waals surface area contributed by atoms with Gasteiger partial charge in [-0.2, -0.15) is 0 Å². The molecule has 2 atom stereocenters. The maximum atomic E-state index is 12.5. The average molecular weight is 443 g/mol. The Hall–Kier alpha value is -2.84. The van der Waals surface area contributed by atoms with Crippen molar-refractivity contribution in [1.82, 2.24) is 4.57 Å². The van der Waals surface area contributed by atoms with E-state index in [9.17, 15) is 14.7 Å². The summed E-state index contributed by atoms with van der Waals surface area (Å²) >= 11 is 0. The Balaban J connectivity index is 1.75. The number of aromatic carboxylic acids is 1. The molecule has 4 rings (SSSR count). The van der Waals surface area contributed by atoms with Crippen molar-refractivity contribution in [3.63, 3.8) is 0 Å². The minimum absolute atomic E-state index is 0.0291. The summed E-state index contributed by atoms with van der Waals surface area (Å²) in [5, 5.41) is 9.47. The Bertz CT molecular complexity index is 1080. The standard InChI is InChI=1S/C24H29NO7/c1-24(2,3)22-8-14-7-20-21(32-13-15(12-31-20)30-6-5-29-4)9-16(14)18-10-19(26)17(23(27)28)11-25(18)22/h7,9-11,15,22H,5-6,8,12-13H2,1-4H3,(H,27,28).